The zero-order chi connectivity index (χ0) is 18.1. The van der Waals surface area contributed by atoms with Crippen molar-refractivity contribution in [2.24, 2.45) is 0 Å². The van der Waals surface area contributed by atoms with Crippen LogP contribution in [0.4, 0.5) is 5.00 Å². The zero-order valence-electron chi connectivity index (χ0n) is 13.4. The monoisotopic (exact) mass is 397 g/mol. The standard InChI is InChI=1S/C20H12ClNO2S2/c21-14-8-3-1-6-12(14)17-18(23)13-7-2-4-9-15(13)26-20(17)22-19(24)16-10-5-11-25-16/h1-11H,(H,22,24). The van der Waals surface area contributed by atoms with E-state index in [-0.39, 0.29) is 11.3 Å². The molecule has 128 valence electrons. The number of nitrogens with one attached hydrogen (secondary N) is 1. The summed E-state index contributed by atoms with van der Waals surface area (Å²) >= 11 is 9.07. The van der Waals surface area contributed by atoms with Crippen LogP contribution in [0.3, 0.4) is 0 Å². The maximum absolute atomic E-state index is 13.2. The molecule has 0 saturated carbocycles. The number of thiophene rings is 1. The molecule has 1 N–H and O–H groups in total. The molecule has 0 spiro atoms. The highest BCUT2D eigenvalue weighted by Crippen LogP contribution is 2.36. The van der Waals surface area contributed by atoms with E-state index in [2.05, 4.69) is 5.32 Å². The van der Waals surface area contributed by atoms with Gasteiger partial charge in [-0.3, -0.25) is 9.59 Å². The number of fused-ring (bicyclic) bond motifs is 1. The second-order valence-electron chi connectivity index (χ2n) is 5.54. The number of rotatable bonds is 3. The Kier molecular flexibility index (Phi) is 4.59. The van der Waals surface area contributed by atoms with Gasteiger partial charge in [0.25, 0.3) is 5.91 Å². The molecule has 1 amide bonds. The van der Waals surface area contributed by atoms with Crippen molar-refractivity contribution in [2.75, 3.05) is 5.32 Å². The summed E-state index contributed by atoms with van der Waals surface area (Å²) < 4.78 is 0.815. The minimum absolute atomic E-state index is 0.145. The van der Waals surface area contributed by atoms with E-state index in [1.807, 2.05) is 41.8 Å². The maximum atomic E-state index is 13.2. The highest BCUT2D eigenvalue weighted by atomic mass is 35.5. The molecule has 0 saturated heterocycles. The van der Waals surface area contributed by atoms with Gasteiger partial charge in [-0.2, -0.15) is 0 Å². The van der Waals surface area contributed by atoms with Crippen LogP contribution in [0, 0.1) is 0 Å². The number of halogens is 1. The Balaban J connectivity index is 1.95. The summed E-state index contributed by atoms with van der Waals surface area (Å²) in [6.07, 6.45) is 0. The first-order valence-corrected chi connectivity index (χ1v) is 9.88. The summed E-state index contributed by atoms with van der Waals surface area (Å²) in [5.74, 6) is -0.237. The van der Waals surface area contributed by atoms with E-state index >= 15 is 0 Å². The minimum Gasteiger partial charge on any atom is -0.312 e. The highest BCUT2D eigenvalue weighted by molar-refractivity contribution is 7.22. The van der Waals surface area contributed by atoms with Crippen molar-refractivity contribution in [3.8, 4) is 11.1 Å². The predicted molar refractivity (Wildman–Crippen MR) is 111 cm³/mol. The fraction of sp³-hybridized carbons (Fsp3) is 0. The van der Waals surface area contributed by atoms with Crippen molar-refractivity contribution < 1.29 is 4.79 Å². The smallest absolute Gasteiger partial charge is 0.266 e. The van der Waals surface area contributed by atoms with Crippen molar-refractivity contribution in [3.63, 3.8) is 0 Å². The van der Waals surface area contributed by atoms with Crippen LogP contribution in [0.15, 0.2) is 70.8 Å². The van der Waals surface area contributed by atoms with Crippen LogP contribution in [-0.2, 0) is 0 Å². The maximum Gasteiger partial charge on any atom is 0.266 e. The topological polar surface area (TPSA) is 46.2 Å². The van der Waals surface area contributed by atoms with E-state index in [1.165, 1.54) is 22.7 Å². The molecule has 2 heterocycles. The van der Waals surface area contributed by atoms with Crippen molar-refractivity contribution in [2.45, 2.75) is 0 Å². The van der Waals surface area contributed by atoms with Gasteiger partial charge < -0.3 is 5.32 Å². The lowest BCUT2D eigenvalue weighted by atomic mass is 10.1. The molecular weight excluding hydrogens is 386 g/mol. The van der Waals surface area contributed by atoms with Crippen molar-refractivity contribution in [3.05, 3.63) is 86.2 Å². The molecule has 26 heavy (non-hydrogen) atoms. The zero-order valence-corrected chi connectivity index (χ0v) is 15.8. The first kappa shape index (κ1) is 17.0. The van der Waals surface area contributed by atoms with Crippen LogP contribution in [0.5, 0.6) is 0 Å². The van der Waals surface area contributed by atoms with Crippen LogP contribution >= 0.6 is 34.3 Å². The summed E-state index contributed by atoms with van der Waals surface area (Å²) in [5.41, 5.74) is 0.890. The van der Waals surface area contributed by atoms with Gasteiger partial charge in [-0.05, 0) is 29.6 Å². The summed E-state index contributed by atoms with van der Waals surface area (Å²) in [5, 5.41) is 6.33. The number of amides is 1. The molecule has 0 aliphatic carbocycles. The summed E-state index contributed by atoms with van der Waals surface area (Å²) in [6.45, 7) is 0. The Morgan fingerprint density at radius 3 is 2.50 bits per heavy atom. The van der Waals surface area contributed by atoms with Gasteiger partial charge in [0.15, 0.2) is 5.43 Å². The molecule has 0 unspecified atom stereocenters. The fourth-order valence-electron chi connectivity index (χ4n) is 2.71. The third kappa shape index (κ3) is 3.05. The molecule has 0 aliphatic heterocycles. The van der Waals surface area contributed by atoms with Crippen LogP contribution in [0.2, 0.25) is 5.02 Å². The van der Waals surface area contributed by atoms with Crippen LogP contribution in [-0.4, -0.2) is 5.91 Å². The van der Waals surface area contributed by atoms with E-state index in [0.717, 1.165) is 4.70 Å². The van der Waals surface area contributed by atoms with Crippen LogP contribution in [0.25, 0.3) is 21.2 Å². The Morgan fingerprint density at radius 1 is 0.962 bits per heavy atom. The molecule has 0 radical (unpaired) electrons. The van der Waals surface area contributed by atoms with E-state index in [1.54, 1.807) is 24.3 Å². The average Bonchev–Trinajstić information content (AvgIpc) is 3.18. The Morgan fingerprint density at radius 2 is 1.73 bits per heavy atom. The highest BCUT2D eigenvalue weighted by Gasteiger charge is 2.19. The predicted octanol–water partition coefficient (Wildman–Crippen LogP) is 5.90. The van der Waals surface area contributed by atoms with Gasteiger partial charge in [-0.15, -0.1) is 22.7 Å². The van der Waals surface area contributed by atoms with E-state index in [0.29, 0.717) is 31.4 Å². The normalized spacial score (nSPS) is 10.8. The molecule has 4 aromatic rings. The third-order valence-electron chi connectivity index (χ3n) is 3.91. The number of carbonyl (C=O) groups excluding carboxylic acids is 1. The second-order valence-corrected chi connectivity index (χ2v) is 7.95. The van der Waals surface area contributed by atoms with Gasteiger partial charge in [-0.25, -0.2) is 0 Å². The molecule has 0 bridgehead atoms. The van der Waals surface area contributed by atoms with Gasteiger partial charge in [0.2, 0.25) is 0 Å². The number of anilines is 1. The van der Waals surface area contributed by atoms with Gasteiger partial charge >= 0.3 is 0 Å². The third-order valence-corrected chi connectivity index (χ3v) is 6.20. The van der Waals surface area contributed by atoms with Crippen molar-refractivity contribution in [1.29, 1.82) is 0 Å². The molecule has 0 fully saturated rings. The van der Waals surface area contributed by atoms with E-state index in [4.69, 9.17) is 11.6 Å². The summed E-state index contributed by atoms with van der Waals surface area (Å²) in [6, 6.07) is 18.1. The van der Waals surface area contributed by atoms with Crippen LogP contribution < -0.4 is 10.7 Å². The number of hydrogen-bond acceptors (Lipinski definition) is 4. The lowest BCUT2D eigenvalue weighted by molar-refractivity contribution is 0.103. The van der Waals surface area contributed by atoms with Gasteiger partial charge in [-0.1, -0.05) is 48.0 Å². The lowest BCUT2D eigenvalue weighted by Gasteiger charge is -2.12. The van der Waals surface area contributed by atoms with Gasteiger partial charge in [0.1, 0.15) is 5.00 Å². The molecule has 6 heteroatoms. The second kappa shape index (κ2) is 7.03. The number of carbonyl (C=O) groups is 1. The average molecular weight is 398 g/mol. The minimum atomic E-state index is -0.237. The number of benzene rings is 2. The van der Waals surface area contributed by atoms with Crippen molar-refractivity contribution >= 4 is 55.3 Å². The largest absolute Gasteiger partial charge is 0.312 e. The first-order valence-electron chi connectivity index (χ1n) is 7.81. The SMILES string of the molecule is O=C(Nc1sc2ccccc2c(=O)c1-c1ccccc1Cl)c1cccs1. The molecule has 2 aromatic carbocycles. The molecule has 2 aromatic heterocycles. The fourth-order valence-corrected chi connectivity index (χ4v) is 4.65. The van der Waals surface area contributed by atoms with E-state index in [9.17, 15) is 9.59 Å². The van der Waals surface area contributed by atoms with E-state index < -0.39 is 0 Å². The molecule has 3 nitrogen and oxygen atoms in total. The lowest BCUT2D eigenvalue weighted by Crippen LogP contribution is -2.14. The van der Waals surface area contributed by atoms with Gasteiger partial charge in [0, 0.05) is 20.7 Å². The molecule has 0 atom stereocenters. The van der Waals surface area contributed by atoms with Crippen molar-refractivity contribution in [1.82, 2.24) is 0 Å². The summed E-state index contributed by atoms with van der Waals surface area (Å²) in [4.78, 5) is 26.3. The first-order chi connectivity index (χ1) is 12.6. The Labute approximate surface area is 162 Å². The van der Waals surface area contributed by atoms with Crippen LogP contribution in [0.1, 0.15) is 9.67 Å². The molecule has 0 aliphatic rings. The number of hydrogen-bond donors (Lipinski definition) is 1. The Bertz CT molecular complexity index is 1170. The quantitative estimate of drug-likeness (QED) is 0.468. The van der Waals surface area contributed by atoms with Gasteiger partial charge in [0.05, 0.1) is 10.4 Å². The molecular formula is C20H12ClNO2S2. The summed E-state index contributed by atoms with van der Waals surface area (Å²) in [7, 11) is 0. The molecule has 4 rings (SSSR count). The Hall–Kier alpha value is -2.47.